The maximum absolute atomic E-state index is 15.0. The zero-order chi connectivity index (χ0) is 28.4. The van der Waals surface area contributed by atoms with Crippen molar-refractivity contribution >= 4 is 27.5 Å². The molecule has 10 heteroatoms. The van der Waals surface area contributed by atoms with Gasteiger partial charge in [0.2, 0.25) is 11.8 Å². The Morgan fingerprint density at radius 2 is 1.67 bits per heavy atom. The van der Waals surface area contributed by atoms with E-state index in [1.807, 2.05) is 6.92 Å². The Kier molecular flexibility index (Phi) is 10.4. The first-order valence-electron chi connectivity index (χ1n) is 12.7. The maximum atomic E-state index is 15.0. The zero-order valence-electron chi connectivity index (χ0n) is 22.3. The number of rotatable bonds is 13. The van der Waals surface area contributed by atoms with Gasteiger partial charge in [-0.15, -0.1) is 0 Å². The van der Waals surface area contributed by atoms with Gasteiger partial charge in [-0.3, -0.25) is 13.9 Å². The molecule has 0 fully saturated rings. The van der Waals surface area contributed by atoms with Crippen LogP contribution in [0.2, 0.25) is 0 Å². The van der Waals surface area contributed by atoms with Gasteiger partial charge in [-0.1, -0.05) is 56.3 Å². The average molecular weight is 556 g/mol. The monoisotopic (exact) mass is 555 g/mol. The van der Waals surface area contributed by atoms with E-state index in [1.165, 1.54) is 42.3 Å². The number of carbonyl (C=O) groups is 2. The minimum Gasteiger partial charge on any atom is -0.497 e. The van der Waals surface area contributed by atoms with Gasteiger partial charge in [-0.05, 0) is 54.8 Å². The summed E-state index contributed by atoms with van der Waals surface area (Å²) in [6.45, 7) is 3.43. The average Bonchev–Trinajstić information content (AvgIpc) is 2.95. The molecule has 0 heterocycles. The Bertz CT molecular complexity index is 1370. The van der Waals surface area contributed by atoms with E-state index in [0.717, 1.165) is 10.4 Å². The first-order chi connectivity index (χ1) is 18.7. The summed E-state index contributed by atoms with van der Waals surface area (Å²) in [4.78, 5) is 28.3. The van der Waals surface area contributed by atoms with Crippen LogP contribution in [0.3, 0.4) is 0 Å². The number of hydrogen-bond donors (Lipinski definition) is 1. The molecular weight excluding hydrogens is 521 g/mol. The molecule has 1 N–H and O–H groups in total. The van der Waals surface area contributed by atoms with Crippen molar-refractivity contribution in [1.29, 1.82) is 0 Å². The van der Waals surface area contributed by atoms with Crippen molar-refractivity contribution in [1.82, 2.24) is 10.2 Å². The van der Waals surface area contributed by atoms with Crippen LogP contribution >= 0.6 is 0 Å². The summed E-state index contributed by atoms with van der Waals surface area (Å²) in [7, 11) is -2.81. The summed E-state index contributed by atoms with van der Waals surface area (Å²) in [6, 6.07) is 19.1. The van der Waals surface area contributed by atoms with E-state index in [0.29, 0.717) is 24.3 Å². The van der Waals surface area contributed by atoms with Gasteiger partial charge in [0.15, 0.2) is 0 Å². The number of anilines is 1. The number of methoxy groups -OCH3 is 1. The van der Waals surface area contributed by atoms with Crippen LogP contribution in [0, 0.1) is 5.82 Å². The Hall–Kier alpha value is -3.92. The molecule has 0 aliphatic heterocycles. The molecule has 0 saturated carbocycles. The van der Waals surface area contributed by atoms with Gasteiger partial charge in [-0.2, -0.15) is 0 Å². The summed E-state index contributed by atoms with van der Waals surface area (Å²) in [6.07, 6.45) is 0.999. The smallest absolute Gasteiger partial charge is 0.264 e. The number of carbonyl (C=O) groups excluding carboxylic acids is 2. The van der Waals surface area contributed by atoms with E-state index in [1.54, 1.807) is 49.4 Å². The molecule has 0 unspecified atom stereocenters. The highest BCUT2D eigenvalue weighted by Crippen LogP contribution is 2.27. The second-order valence-electron chi connectivity index (χ2n) is 8.86. The predicted molar refractivity (Wildman–Crippen MR) is 148 cm³/mol. The molecule has 2 amide bonds. The second-order valence-corrected chi connectivity index (χ2v) is 10.7. The number of ether oxygens (including phenoxy) is 1. The zero-order valence-corrected chi connectivity index (χ0v) is 23.2. The molecule has 0 aromatic heterocycles. The van der Waals surface area contributed by atoms with Gasteiger partial charge in [0.25, 0.3) is 10.0 Å². The number of halogens is 1. The van der Waals surface area contributed by atoms with Crippen LogP contribution in [0.15, 0.2) is 83.8 Å². The highest BCUT2D eigenvalue weighted by molar-refractivity contribution is 7.92. The fourth-order valence-electron chi connectivity index (χ4n) is 4.14. The van der Waals surface area contributed by atoms with Crippen molar-refractivity contribution < 1.29 is 27.1 Å². The molecule has 0 aliphatic carbocycles. The Balaban J connectivity index is 2.06. The van der Waals surface area contributed by atoms with Gasteiger partial charge in [0, 0.05) is 13.1 Å². The van der Waals surface area contributed by atoms with Gasteiger partial charge in [-0.25, -0.2) is 12.8 Å². The highest BCUT2D eigenvalue weighted by atomic mass is 32.2. The number of nitrogens with one attached hydrogen (secondary N) is 1. The molecule has 0 saturated heterocycles. The highest BCUT2D eigenvalue weighted by Gasteiger charge is 2.34. The SMILES string of the molecule is CCCNC(=O)[C@H](CC)N(Cc1cccc(OC)c1)C(=O)CN(c1ccccc1F)S(=O)(=O)c1ccccc1. The quantitative estimate of drug-likeness (QED) is 0.338. The predicted octanol–water partition coefficient (Wildman–Crippen LogP) is 4.36. The largest absolute Gasteiger partial charge is 0.497 e. The van der Waals surface area contributed by atoms with Gasteiger partial charge >= 0.3 is 0 Å². The Morgan fingerprint density at radius 1 is 0.974 bits per heavy atom. The van der Waals surface area contributed by atoms with Crippen LogP contribution in [-0.4, -0.2) is 51.4 Å². The van der Waals surface area contributed by atoms with Crippen molar-refractivity contribution in [3.8, 4) is 5.75 Å². The lowest BCUT2D eigenvalue weighted by molar-refractivity contribution is -0.140. The molecule has 39 heavy (non-hydrogen) atoms. The molecule has 8 nitrogen and oxygen atoms in total. The third-order valence-corrected chi connectivity index (χ3v) is 7.93. The topological polar surface area (TPSA) is 96.0 Å². The number of para-hydroxylation sites is 1. The minimum atomic E-state index is -4.33. The van der Waals surface area contributed by atoms with Crippen LogP contribution in [0.4, 0.5) is 10.1 Å². The van der Waals surface area contributed by atoms with Crippen molar-refractivity contribution in [3.63, 3.8) is 0 Å². The normalized spacial score (nSPS) is 11.9. The fraction of sp³-hybridized carbons (Fsp3) is 0.310. The molecule has 0 aliphatic rings. The number of benzene rings is 3. The Morgan fingerprint density at radius 3 is 2.31 bits per heavy atom. The number of sulfonamides is 1. The molecule has 0 radical (unpaired) electrons. The third kappa shape index (κ3) is 7.35. The standard InChI is InChI=1S/C29H34FN3O5S/c1-4-18-31-29(35)26(5-2)32(20-22-12-11-13-23(19-22)38-3)28(34)21-33(27-17-10-9-16-25(27)30)39(36,37)24-14-7-6-8-15-24/h6-17,19,26H,4-5,18,20-21H2,1-3H3,(H,31,35)/t26-/m0/s1. The molecule has 3 rings (SSSR count). The first kappa shape index (κ1) is 29.6. The van der Waals surface area contributed by atoms with E-state index in [-0.39, 0.29) is 29.5 Å². The van der Waals surface area contributed by atoms with E-state index in [9.17, 15) is 22.4 Å². The van der Waals surface area contributed by atoms with E-state index >= 15 is 0 Å². The maximum Gasteiger partial charge on any atom is 0.264 e. The Labute approximate surface area is 229 Å². The number of hydrogen-bond acceptors (Lipinski definition) is 5. The van der Waals surface area contributed by atoms with E-state index in [2.05, 4.69) is 5.32 Å². The molecule has 3 aromatic rings. The molecule has 1 atom stereocenters. The third-order valence-electron chi connectivity index (χ3n) is 6.15. The van der Waals surface area contributed by atoms with Crippen LogP contribution in [0.1, 0.15) is 32.3 Å². The van der Waals surface area contributed by atoms with Gasteiger partial charge < -0.3 is 15.0 Å². The lowest BCUT2D eigenvalue weighted by Crippen LogP contribution is -2.52. The van der Waals surface area contributed by atoms with Gasteiger partial charge in [0.1, 0.15) is 24.2 Å². The lowest BCUT2D eigenvalue weighted by atomic mass is 10.1. The minimum absolute atomic E-state index is 0.0184. The summed E-state index contributed by atoms with van der Waals surface area (Å²) in [5, 5.41) is 2.83. The fourth-order valence-corrected chi connectivity index (χ4v) is 5.58. The van der Waals surface area contributed by atoms with Crippen LogP contribution in [0.25, 0.3) is 0 Å². The van der Waals surface area contributed by atoms with Crippen LogP contribution in [0.5, 0.6) is 5.75 Å². The first-order valence-corrected chi connectivity index (χ1v) is 14.2. The lowest BCUT2D eigenvalue weighted by Gasteiger charge is -2.33. The molecule has 208 valence electrons. The van der Waals surface area contributed by atoms with E-state index in [4.69, 9.17) is 4.74 Å². The molecule has 0 spiro atoms. The number of nitrogens with zero attached hydrogens (tertiary/aromatic N) is 2. The second kappa shape index (κ2) is 13.7. The summed E-state index contributed by atoms with van der Waals surface area (Å²) >= 11 is 0. The van der Waals surface area contributed by atoms with Gasteiger partial charge in [0.05, 0.1) is 17.7 Å². The van der Waals surface area contributed by atoms with E-state index < -0.39 is 34.3 Å². The van der Waals surface area contributed by atoms with Crippen molar-refractivity contribution in [3.05, 3.63) is 90.2 Å². The van der Waals surface area contributed by atoms with Crippen LogP contribution in [-0.2, 0) is 26.2 Å². The summed E-state index contributed by atoms with van der Waals surface area (Å²) in [5.41, 5.74) is 0.423. The van der Waals surface area contributed by atoms with Crippen molar-refractivity contribution in [2.75, 3.05) is 24.5 Å². The molecule has 3 aromatic carbocycles. The van der Waals surface area contributed by atoms with Crippen molar-refractivity contribution in [2.24, 2.45) is 0 Å². The number of amides is 2. The summed E-state index contributed by atoms with van der Waals surface area (Å²) < 4.78 is 48.4. The molecule has 0 bridgehead atoms. The summed E-state index contributed by atoms with van der Waals surface area (Å²) in [5.74, 6) is -1.22. The van der Waals surface area contributed by atoms with Crippen molar-refractivity contribution in [2.45, 2.75) is 44.2 Å². The molecular formula is C29H34FN3O5S. The van der Waals surface area contributed by atoms with Crippen LogP contribution < -0.4 is 14.4 Å².